The molecule has 4 heteroatoms. The summed E-state index contributed by atoms with van der Waals surface area (Å²) in [6, 6.07) is 2.53. The summed E-state index contributed by atoms with van der Waals surface area (Å²) in [6.45, 7) is 4.24. The molecule has 0 spiro atoms. The molecule has 1 atom stereocenters. The first-order chi connectivity index (χ1) is 5.63. The minimum absolute atomic E-state index is 0. The van der Waals surface area contributed by atoms with Gasteiger partial charge in [0.2, 0.25) is 0 Å². The molecule has 1 unspecified atom stereocenters. The van der Waals surface area contributed by atoms with E-state index in [1.807, 2.05) is 0 Å². The maximum Gasteiger partial charge on any atom is 0.0730 e. The molecule has 0 aliphatic heterocycles. The van der Waals surface area contributed by atoms with Gasteiger partial charge in [-0.3, -0.25) is 0 Å². The Morgan fingerprint density at radius 2 is 2.23 bits per heavy atom. The van der Waals surface area contributed by atoms with E-state index in [9.17, 15) is 0 Å². The molecular formula is C9H15BrClNS. The summed E-state index contributed by atoms with van der Waals surface area (Å²) < 4.78 is 1.24. The lowest BCUT2D eigenvalue weighted by atomic mass is 10.1. The quantitative estimate of drug-likeness (QED) is 0.903. The van der Waals surface area contributed by atoms with Crippen LogP contribution >= 0.6 is 39.7 Å². The number of halogens is 2. The van der Waals surface area contributed by atoms with Gasteiger partial charge >= 0.3 is 0 Å². The van der Waals surface area contributed by atoms with Gasteiger partial charge in [0.25, 0.3) is 0 Å². The molecule has 2 N–H and O–H groups in total. The van der Waals surface area contributed by atoms with Gasteiger partial charge in [0.1, 0.15) is 0 Å². The Kier molecular flexibility index (Phi) is 6.21. The van der Waals surface area contributed by atoms with Crippen molar-refractivity contribution in [2.75, 3.05) is 0 Å². The fourth-order valence-corrected chi connectivity index (χ4v) is 2.75. The van der Waals surface area contributed by atoms with Crippen molar-refractivity contribution in [3.63, 3.8) is 0 Å². The number of hydrogen-bond donors (Lipinski definition) is 1. The molecule has 0 fully saturated rings. The Bertz CT molecular complexity index is 243. The summed E-state index contributed by atoms with van der Waals surface area (Å²) in [5.74, 6) is 0. The molecule has 0 radical (unpaired) electrons. The van der Waals surface area contributed by atoms with Crippen LogP contribution in [0.5, 0.6) is 0 Å². The van der Waals surface area contributed by atoms with Crippen LogP contribution in [0, 0.1) is 6.92 Å². The normalized spacial score (nSPS) is 12.3. The third-order valence-corrected chi connectivity index (χ3v) is 4.05. The molecule has 1 aromatic heterocycles. The largest absolute Gasteiger partial charge is 0.327 e. The molecule has 0 aliphatic carbocycles. The molecular weight excluding hydrogens is 270 g/mol. The van der Waals surface area contributed by atoms with Crippen molar-refractivity contribution in [1.29, 1.82) is 0 Å². The Labute approximate surface area is 98.3 Å². The zero-order valence-electron chi connectivity index (χ0n) is 7.84. The van der Waals surface area contributed by atoms with E-state index in [0.717, 1.165) is 12.8 Å². The van der Waals surface area contributed by atoms with Gasteiger partial charge in [0.05, 0.1) is 3.79 Å². The summed E-state index contributed by atoms with van der Waals surface area (Å²) >= 11 is 5.30. The summed E-state index contributed by atoms with van der Waals surface area (Å²) in [7, 11) is 0. The Balaban J connectivity index is 0.00000144. The summed E-state index contributed by atoms with van der Waals surface area (Å²) in [5.41, 5.74) is 7.17. The van der Waals surface area contributed by atoms with E-state index in [2.05, 4.69) is 35.8 Å². The lowest BCUT2D eigenvalue weighted by molar-refractivity contribution is 0.652. The average Bonchev–Trinajstić information content (AvgIpc) is 2.31. The van der Waals surface area contributed by atoms with Crippen LogP contribution in [0.25, 0.3) is 0 Å². The minimum atomic E-state index is 0. The summed E-state index contributed by atoms with van der Waals surface area (Å²) in [4.78, 5) is 1.38. The number of aryl methyl sites for hydroxylation is 1. The molecule has 1 aromatic rings. The van der Waals surface area contributed by atoms with Gasteiger partial charge < -0.3 is 5.73 Å². The summed E-state index contributed by atoms with van der Waals surface area (Å²) in [5, 5.41) is 0. The van der Waals surface area contributed by atoms with Gasteiger partial charge in [0.15, 0.2) is 0 Å². The zero-order chi connectivity index (χ0) is 9.14. The summed E-state index contributed by atoms with van der Waals surface area (Å²) in [6.07, 6.45) is 2.06. The highest BCUT2D eigenvalue weighted by Gasteiger charge is 2.06. The first kappa shape index (κ1) is 13.4. The molecule has 0 aromatic carbocycles. The van der Waals surface area contributed by atoms with Crippen molar-refractivity contribution >= 4 is 39.7 Å². The molecule has 0 bridgehead atoms. The fourth-order valence-electron chi connectivity index (χ4n) is 1.03. The van der Waals surface area contributed by atoms with Crippen molar-refractivity contribution in [3.05, 3.63) is 20.3 Å². The topological polar surface area (TPSA) is 26.0 Å². The highest BCUT2D eigenvalue weighted by molar-refractivity contribution is 9.11. The Hall–Kier alpha value is 0.430. The van der Waals surface area contributed by atoms with E-state index < -0.39 is 0 Å². The van der Waals surface area contributed by atoms with E-state index in [1.165, 1.54) is 14.2 Å². The highest BCUT2D eigenvalue weighted by atomic mass is 79.9. The van der Waals surface area contributed by atoms with E-state index >= 15 is 0 Å². The SMILES string of the molecule is CCC(N)Cc1cc(C)c(Br)s1.Cl. The van der Waals surface area contributed by atoms with Gasteiger partial charge in [0, 0.05) is 10.9 Å². The van der Waals surface area contributed by atoms with Crippen LogP contribution in [0.3, 0.4) is 0 Å². The van der Waals surface area contributed by atoms with Crippen molar-refractivity contribution in [1.82, 2.24) is 0 Å². The van der Waals surface area contributed by atoms with Crippen LogP contribution in [-0.4, -0.2) is 6.04 Å². The van der Waals surface area contributed by atoms with Crippen molar-refractivity contribution in [3.8, 4) is 0 Å². The fraction of sp³-hybridized carbons (Fsp3) is 0.556. The number of nitrogens with two attached hydrogens (primary N) is 1. The van der Waals surface area contributed by atoms with Crippen molar-refractivity contribution in [2.24, 2.45) is 5.73 Å². The molecule has 13 heavy (non-hydrogen) atoms. The van der Waals surface area contributed by atoms with Gasteiger partial charge in [-0.05, 0) is 47.3 Å². The van der Waals surface area contributed by atoms with Crippen molar-refractivity contribution < 1.29 is 0 Å². The monoisotopic (exact) mass is 283 g/mol. The number of rotatable bonds is 3. The van der Waals surface area contributed by atoms with Gasteiger partial charge in [-0.1, -0.05) is 6.92 Å². The first-order valence-corrected chi connectivity index (χ1v) is 5.74. The number of thiophene rings is 1. The van der Waals surface area contributed by atoms with Crippen LogP contribution < -0.4 is 5.73 Å². The average molecular weight is 285 g/mol. The number of hydrogen-bond acceptors (Lipinski definition) is 2. The second-order valence-corrected chi connectivity index (χ2v) is 5.50. The van der Waals surface area contributed by atoms with E-state index in [1.54, 1.807) is 11.3 Å². The predicted molar refractivity (Wildman–Crippen MR) is 66.0 cm³/mol. The zero-order valence-corrected chi connectivity index (χ0v) is 11.1. The third-order valence-electron chi connectivity index (χ3n) is 1.90. The maximum atomic E-state index is 5.86. The molecule has 0 amide bonds. The highest BCUT2D eigenvalue weighted by Crippen LogP contribution is 2.28. The molecule has 0 aliphatic rings. The lowest BCUT2D eigenvalue weighted by Gasteiger charge is -2.04. The molecule has 1 rings (SSSR count). The minimum Gasteiger partial charge on any atom is -0.327 e. The van der Waals surface area contributed by atoms with Gasteiger partial charge in [-0.2, -0.15) is 0 Å². The Morgan fingerprint density at radius 3 is 2.62 bits per heavy atom. The van der Waals surface area contributed by atoms with E-state index in [-0.39, 0.29) is 12.4 Å². The van der Waals surface area contributed by atoms with Crippen LogP contribution in [0.1, 0.15) is 23.8 Å². The molecule has 0 saturated heterocycles. The predicted octanol–water partition coefficient (Wildman–Crippen LogP) is 3.52. The lowest BCUT2D eigenvalue weighted by Crippen LogP contribution is -2.20. The van der Waals surface area contributed by atoms with Crippen LogP contribution in [0.4, 0.5) is 0 Å². The maximum absolute atomic E-state index is 5.86. The van der Waals surface area contributed by atoms with Crippen LogP contribution in [0.15, 0.2) is 9.85 Å². The molecule has 1 heterocycles. The molecule has 1 nitrogen and oxygen atoms in total. The molecule has 0 saturated carbocycles. The smallest absolute Gasteiger partial charge is 0.0730 e. The van der Waals surface area contributed by atoms with Crippen LogP contribution in [-0.2, 0) is 6.42 Å². The van der Waals surface area contributed by atoms with Crippen molar-refractivity contribution in [2.45, 2.75) is 32.7 Å². The standard InChI is InChI=1S/C9H14BrNS.ClH/c1-3-7(11)5-8-4-6(2)9(10)12-8;/h4,7H,3,5,11H2,1-2H3;1H. The second-order valence-electron chi connectivity index (χ2n) is 3.04. The van der Waals surface area contributed by atoms with E-state index in [4.69, 9.17) is 5.73 Å². The van der Waals surface area contributed by atoms with Gasteiger partial charge in [-0.15, -0.1) is 23.7 Å². The molecule has 76 valence electrons. The third kappa shape index (κ3) is 3.98. The van der Waals surface area contributed by atoms with Crippen LogP contribution in [0.2, 0.25) is 0 Å². The van der Waals surface area contributed by atoms with Gasteiger partial charge in [-0.25, -0.2) is 0 Å². The van der Waals surface area contributed by atoms with E-state index in [0.29, 0.717) is 6.04 Å². The second kappa shape index (κ2) is 6.02. The first-order valence-electron chi connectivity index (χ1n) is 4.14. The Morgan fingerprint density at radius 1 is 1.62 bits per heavy atom.